The highest BCUT2D eigenvalue weighted by molar-refractivity contribution is 7.90. The molecule has 1 aliphatic heterocycles. The summed E-state index contributed by atoms with van der Waals surface area (Å²) in [4.78, 5) is 30.0. The first-order valence-corrected chi connectivity index (χ1v) is 10.1. The van der Waals surface area contributed by atoms with E-state index in [1.54, 1.807) is 36.0 Å². The van der Waals surface area contributed by atoms with Crippen LogP contribution in [-0.4, -0.2) is 88.0 Å². The number of carbonyl (C=O) groups excluding carboxylic acids is 2. The van der Waals surface area contributed by atoms with Crippen LogP contribution in [0.15, 0.2) is 29.2 Å². The smallest absolute Gasteiger partial charge is 0.253 e. The third kappa shape index (κ3) is 5.27. The van der Waals surface area contributed by atoms with Crippen molar-refractivity contribution in [2.24, 2.45) is 0 Å². The summed E-state index contributed by atoms with van der Waals surface area (Å²) in [5, 5.41) is 0. The molecule has 138 valence electrons. The summed E-state index contributed by atoms with van der Waals surface area (Å²) in [7, 11) is 0.106. The topological polar surface area (TPSA) is 78.0 Å². The largest absolute Gasteiger partial charge is 0.348 e. The summed E-state index contributed by atoms with van der Waals surface area (Å²) in [5.41, 5.74) is 0.376. The van der Waals surface area contributed by atoms with Gasteiger partial charge in [0.25, 0.3) is 5.91 Å². The molecule has 0 saturated carbocycles. The summed E-state index contributed by atoms with van der Waals surface area (Å²) in [5.74, 6) is -0.132. The number of carbonyl (C=O) groups is 2. The van der Waals surface area contributed by atoms with Crippen molar-refractivity contribution < 1.29 is 18.0 Å². The van der Waals surface area contributed by atoms with Crippen LogP contribution in [0.3, 0.4) is 0 Å². The molecule has 0 atom stereocenters. The van der Waals surface area contributed by atoms with Gasteiger partial charge in [0.15, 0.2) is 9.84 Å². The van der Waals surface area contributed by atoms with Crippen LogP contribution in [0.1, 0.15) is 16.8 Å². The molecule has 0 spiro atoms. The zero-order chi connectivity index (χ0) is 18.6. The van der Waals surface area contributed by atoms with Crippen LogP contribution in [0, 0.1) is 0 Å². The standard InChI is InChI=1S/C17H25N3O4S/c1-18(2)16(21)13-19-8-5-9-20(11-10-19)17(22)14-6-4-7-15(12-14)25(3,23)24/h4,6-7,12H,5,8-11,13H2,1-3H3. The molecule has 1 aliphatic rings. The molecule has 7 nitrogen and oxygen atoms in total. The Hall–Kier alpha value is -1.93. The molecule has 2 rings (SSSR count). The molecule has 1 heterocycles. The monoisotopic (exact) mass is 367 g/mol. The van der Waals surface area contributed by atoms with Crippen LogP contribution in [-0.2, 0) is 14.6 Å². The van der Waals surface area contributed by atoms with E-state index in [4.69, 9.17) is 0 Å². The van der Waals surface area contributed by atoms with Gasteiger partial charge in [-0.1, -0.05) is 6.07 Å². The number of likely N-dealkylation sites (N-methyl/N-ethyl adjacent to an activating group) is 1. The Bertz CT molecular complexity index is 746. The van der Waals surface area contributed by atoms with Crippen LogP contribution in [0.25, 0.3) is 0 Å². The van der Waals surface area contributed by atoms with Gasteiger partial charge in [0.1, 0.15) is 0 Å². The van der Waals surface area contributed by atoms with E-state index in [0.717, 1.165) is 19.2 Å². The average Bonchev–Trinajstić information content (AvgIpc) is 2.79. The maximum absolute atomic E-state index is 12.7. The Morgan fingerprint density at radius 3 is 2.48 bits per heavy atom. The summed E-state index contributed by atoms with van der Waals surface area (Å²) >= 11 is 0. The molecular weight excluding hydrogens is 342 g/mol. The van der Waals surface area contributed by atoms with E-state index in [1.807, 2.05) is 4.90 Å². The molecule has 0 aliphatic carbocycles. The van der Waals surface area contributed by atoms with Crippen molar-refractivity contribution in [2.45, 2.75) is 11.3 Å². The lowest BCUT2D eigenvalue weighted by atomic mass is 10.2. The van der Waals surface area contributed by atoms with E-state index >= 15 is 0 Å². The second-order valence-electron chi connectivity index (χ2n) is 6.51. The molecule has 1 aromatic carbocycles. The molecule has 0 bridgehead atoms. The first kappa shape index (κ1) is 19.4. The van der Waals surface area contributed by atoms with Crippen molar-refractivity contribution >= 4 is 21.7 Å². The number of hydrogen-bond donors (Lipinski definition) is 0. The van der Waals surface area contributed by atoms with Crippen molar-refractivity contribution in [2.75, 3.05) is 53.1 Å². The second kappa shape index (κ2) is 7.97. The Balaban J connectivity index is 2.05. The molecule has 1 saturated heterocycles. The Kier molecular flexibility index (Phi) is 6.18. The Morgan fingerprint density at radius 2 is 1.84 bits per heavy atom. The Labute approximate surface area is 149 Å². The van der Waals surface area contributed by atoms with Crippen LogP contribution in [0.2, 0.25) is 0 Å². The van der Waals surface area contributed by atoms with Gasteiger partial charge in [-0.3, -0.25) is 14.5 Å². The number of sulfone groups is 1. The molecule has 1 aromatic rings. The van der Waals surface area contributed by atoms with Crippen LogP contribution < -0.4 is 0 Å². The fraction of sp³-hybridized carbons (Fsp3) is 0.529. The van der Waals surface area contributed by atoms with Gasteiger partial charge < -0.3 is 9.80 Å². The SMILES string of the molecule is CN(C)C(=O)CN1CCCN(C(=O)c2cccc(S(C)(=O)=O)c2)CC1. The zero-order valence-electron chi connectivity index (χ0n) is 14.9. The molecule has 0 N–H and O–H groups in total. The fourth-order valence-corrected chi connectivity index (χ4v) is 3.37. The van der Waals surface area contributed by atoms with E-state index in [9.17, 15) is 18.0 Å². The average molecular weight is 367 g/mol. The highest BCUT2D eigenvalue weighted by atomic mass is 32.2. The van der Waals surface area contributed by atoms with Crippen LogP contribution in [0.4, 0.5) is 0 Å². The molecule has 25 heavy (non-hydrogen) atoms. The molecule has 0 unspecified atom stereocenters. The first-order valence-electron chi connectivity index (χ1n) is 8.20. The van der Waals surface area contributed by atoms with Gasteiger partial charge in [-0.05, 0) is 24.6 Å². The zero-order valence-corrected chi connectivity index (χ0v) is 15.8. The van der Waals surface area contributed by atoms with E-state index in [-0.39, 0.29) is 16.7 Å². The minimum absolute atomic E-state index is 0.0423. The molecule has 8 heteroatoms. The number of nitrogens with zero attached hydrogens (tertiary/aromatic N) is 3. The molecule has 1 fully saturated rings. The van der Waals surface area contributed by atoms with Crippen molar-refractivity contribution in [1.29, 1.82) is 0 Å². The lowest BCUT2D eigenvalue weighted by Crippen LogP contribution is -2.39. The maximum Gasteiger partial charge on any atom is 0.253 e. The molecule has 0 radical (unpaired) electrons. The molecule has 0 aromatic heterocycles. The van der Waals surface area contributed by atoms with Crippen LogP contribution in [0.5, 0.6) is 0 Å². The predicted octanol–water partition coefficient (Wildman–Crippen LogP) is 0.326. The summed E-state index contributed by atoms with van der Waals surface area (Å²) in [6.45, 7) is 2.83. The van der Waals surface area contributed by atoms with E-state index in [1.165, 1.54) is 12.1 Å². The predicted molar refractivity (Wildman–Crippen MR) is 95.2 cm³/mol. The van der Waals surface area contributed by atoms with Gasteiger partial charge in [0.2, 0.25) is 5.91 Å². The number of amides is 2. The second-order valence-corrected chi connectivity index (χ2v) is 8.53. The first-order chi connectivity index (χ1) is 11.7. The molecular formula is C17H25N3O4S. The summed E-state index contributed by atoms with van der Waals surface area (Å²) in [6.07, 6.45) is 1.90. The highest BCUT2D eigenvalue weighted by Crippen LogP contribution is 2.14. The lowest BCUT2D eigenvalue weighted by Gasteiger charge is -2.23. The minimum atomic E-state index is -3.35. The Morgan fingerprint density at radius 1 is 1.12 bits per heavy atom. The van der Waals surface area contributed by atoms with E-state index in [2.05, 4.69) is 0 Å². The fourth-order valence-electron chi connectivity index (χ4n) is 2.71. The normalized spacial score (nSPS) is 16.4. The van der Waals surface area contributed by atoms with Crippen molar-refractivity contribution in [3.63, 3.8) is 0 Å². The van der Waals surface area contributed by atoms with Gasteiger partial charge in [0.05, 0.1) is 11.4 Å². The minimum Gasteiger partial charge on any atom is -0.348 e. The van der Waals surface area contributed by atoms with E-state index in [0.29, 0.717) is 31.7 Å². The van der Waals surface area contributed by atoms with Crippen molar-refractivity contribution in [3.05, 3.63) is 29.8 Å². The maximum atomic E-state index is 12.7. The lowest BCUT2D eigenvalue weighted by molar-refractivity contribution is -0.129. The third-order valence-corrected chi connectivity index (χ3v) is 5.35. The quantitative estimate of drug-likeness (QED) is 0.766. The molecule has 2 amide bonds. The number of hydrogen-bond acceptors (Lipinski definition) is 5. The van der Waals surface area contributed by atoms with Gasteiger partial charge >= 0.3 is 0 Å². The van der Waals surface area contributed by atoms with Gasteiger partial charge in [-0.25, -0.2) is 8.42 Å². The van der Waals surface area contributed by atoms with Gasteiger partial charge in [-0.2, -0.15) is 0 Å². The number of rotatable bonds is 4. The van der Waals surface area contributed by atoms with Crippen LogP contribution >= 0.6 is 0 Å². The van der Waals surface area contributed by atoms with Gasteiger partial charge in [-0.15, -0.1) is 0 Å². The summed E-state index contributed by atoms with van der Waals surface area (Å²) in [6, 6.07) is 6.14. The highest BCUT2D eigenvalue weighted by Gasteiger charge is 2.22. The van der Waals surface area contributed by atoms with Crippen molar-refractivity contribution in [1.82, 2.24) is 14.7 Å². The van der Waals surface area contributed by atoms with Gasteiger partial charge in [0, 0.05) is 52.1 Å². The van der Waals surface area contributed by atoms with E-state index < -0.39 is 9.84 Å². The summed E-state index contributed by atoms with van der Waals surface area (Å²) < 4.78 is 23.3. The van der Waals surface area contributed by atoms with Crippen molar-refractivity contribution in [3.8, 4) is 0 Å². The number of benzene rings is 1. The third-order valence-electron chi connectivity index (χ3n) is 4.24.